The smallest absolute Gasteiger partial charge is 0.157 e. The number of ketones is 1. The Morgan fingerprint density at radius 3 is 2.25 bits per heavy atom. The highest BCUT2D eigenvalue weighted by Gasteiger charge is 2.12. The molecule has 0 unspecified atom stereocenters. The second-order valence-electron chi connectivity index (χ2n) is 3.00. The highest BCUT2D eigenvalue weighted by molar-refractivity contribution is 7.92. The Bertz CT molecular complexity index is 229. The van der Waals surface area contributed by atoms with Gasteiger partial charge < -0.3 is 0 Å². The number of Topliss-reactive ketones (excluding diaryl/α,β-unsaturated/α-hetero) is 1. The Labute approximate surface area is 74.1 Å². The fourth-order valence-electron chi connectivity index (χ4n) is 0.954. The predicted molar refractivity (Wildman–Crippen MR) is 48.9 cm³/mol. The van der Waals surface area contributed by atoms with Gasteiger partial charge in [-0.2, -0.15) is 0 Å². The van der Waals surface area contributed by atoms with E-state index in [0.29, 0.717) is 6.42 Å². The van der Waals surface area contributed by atoms with Gasteiger partial charge in [-0.25, -0.2) is 8.42 Å². The molecule has 0 aromatic carbocycles. The van der Waals surface area contributed by atoms with Crippen molar-refractivity contribution in [3.8, 4) is 0 Å². The summed E-state index contributed by atoms with van der Waals surface area (Å²) in [6, 6.07) is 0. The first-order chi connectivity index (χ1) is 5.48. The molecule has 0 aromatic heterocycles. The number of hydrogen-bond acceptors (Lipinski definition) is 3. The summed E-state index contributed by atoms with van der Waals surface area (Å²) in [5, 5.41) is 0. The van der Waals surface area contributed by atoms with Crippen molar-refractivity contribution in [2.45, 2.75) is 33.1 Å². The maximum absolute atomic E-state index is 11.1. The second-order valence-corrected chi connectivity index (χ2v) is 5.19. The van der Waals surface area contributed by atoms with Gasteiger partial charge in [0.15, 0.2) is 9.84 Å². The highest BCUT2D eigenvalue weighted by atomic mass is 32.2. The quantitative estimate of drug-likeness (QED) is 0.594. The van der Waals surface area contributed by atoms with Crippen LogP contribution in [0, 0.1) is 0 Å². The van der Waals surface area contributed by atoms with E-state index < -0.39 is 9.84 Å². The minimum atomic E-state index is -3.10. The second kappa shape index (κ2) is 5.30. The fraction of sp³-hybridized carbons (Fsp3) is 0.875. The molecule has 12 heavy (non-hydrogen) atoms. The van der Waals surface area contributed by atoms with Crippen LogP contribution >= 0.6 is 0 Å². The average Bonchev–Trinajstić information content (AvgIpc) is 1.84. The molecule has 0 spiro atoms. The van der Waals surface area contributed by atoms with Crippen molar-refractivity contribution in [1.82, 2.24) is 0 Å². The van der Waals surface area contributed by atoms with Crippen molar-refractivity contribution >= 4 is 15.6 Å². The zero-order chi connectivity index (χ0) is 9.61. The van der Waals surface area contributed by atoms with Crippen LogP contribution in [0.1, 0.15) is 33.1 Å². The van der Waals surface area contributed by atoms with E-state index in [1.165, 1.54) is 6.92 Å². The molecule has 0 N–H and O–H groups in total. The van der Waals surface area contributed by atoms with Crippen LogP contribution in [0.2, 0.25) is 0 Å². The monoisotopic (exact) mass is 192 g/mol. The van der Waals surface area contributed by atoms with Crippen molar-refractivity contribution < 1.29 is 13.2 Å². The molecule has 0 aromatic rings. The number of sulfone groups is 1. The van der Waals surface area contributed by atoms with Crippen LogP contribution < -0.4 is 0 Å². The molecule has 0 fully saturated rings. The Hall–Kier alpha value is -0.380. The number of carbonyl (C=O) groups excluding carboxylic acids is 1. The van der Waals surface area contributed by atoms with Crippen LogP contribution in [0.4, 0.5) is 0 Å². The lowest BCUT2D eigenvalue weighted by atomic mass is 10.3. The first kappa shape index (κ1) is 11.6. The molecule has 72 valence electrons. The molecule has 0 bridgehead atoms. The van der Waals surface area contributed by atoms with E-state index in [9.17, 15) is 13.2 Å². The molecule has 4 heteroatoms. The van der Waals surface area contributed by atoms with E-state index >= 15 is 0 Å². The minimum absolute atomic E-state index is 0.153. The topological polar surface area (TPSA) is 51.2 Å². The van der Waals surface area contributed by atoms with Crippen molar-refractivity contribution in [3.05, 3.63) is 0 Å². The Kier molecular flexibility index (Phi) is 5.13. The molecular weight excluding hydrogens is 176 g/mol. The lowest BCUT2D eigenvalue weighted by Gasteiger charge is -1.99. The molecule has 0 aliphatic heterocycles. The first-order valence-corrected chi connectivity index (χ1v) is 6.00. The van der Waals surface area contributed by atoms with Crippen LogP contribution in [-0.2, 0) is 14.6 Å². The van der Waals surface area contributed by atoms with Crippen molar-refractivity contribution in [1.29, 1.82) is 0 Å². The molecule has 0 atom stereocenters. The Balaban J connectivity index is 3.81. The number of unbranched alkanes of at least 4 members (excludes halogenated alkanes) is 2. The van der Waals surface area contributed by atoms with E-state index in [4.69, 9.17) is 0 Å². The van der Waals surface area contributed by atoms with Crippen LogP contribution in [-0.4, -0.2) is 25.7 Å². The standard InChI is InChI=1S/C8H16O3S/c1-3-4-5-6-12(10,11)7-8(2)9/h3-7H2,1-2H3. The molecule has 0 heterocycles. The molecule has 0 aliphatic carbocycles. The lowest BCUT2D eigenvalue weighted by Crippen LogP contribution is -2.16. The van der Waals surface area contributed by atoms with E-state index in [2.05, 4.69) is 0 Å². The lowest BCUT2D eigenvalue weighted by molar-refractivity contribution is -0.114. The molecular formula is C8H16O3S. The molecule has 0 amide bonds. The van der Waals surface area contributed by atoms with Gasteiger partial charge in [-0.1, -0.05) is 19.8 Å². The van der Waals surface area contributed by atoms with Crippen LogP contribution in [0.25, 0.3) is 0 Å². The largest absolute Gasteiger partial charge is 0.299 e. The Morgan fingerprint density at radius 2 is 1.83 bits per heavy atom. The van der Waals surface area contributed by atoms with E-state index in [1.807, 2.05) is 6.92 Å². The third-order valence-electron chi connectivity index (χ3n) is 1.48. The average molecular weight is 192 g/mol. The zero-order valence-electron chi connectivity index (χ0n) is 7.67. The van der Waals surface area contributed by atoms with Gasteiger partial charge in [0.1, 0.15) is 11.5 Å². The predicted octanol–water partition coefficient (Wildman–Crippen LogP) is 1.18. The first-order valence-electron chi connectivity index (χ1n) is 4.18. The summed E-state index contributed by atoms with van der Waals surface area (Å²) in [7, 11) is -3.10. The molecule has 0 saturated carbocycles. The van der Waals surface area contributed by atoms with Crippen LogP contribution in [0.15, 0.2) is 0 Å². The van der Waals surface area contributed by atoms with Gasteiger partial charge in [0.2, 0.25) is 0 Å². The summed E-state index contributed by atoms with van der Waals surface area (Å²) in [6.07, 6.45) is 2.58. The molecule has 0 radical (unpaired) electrons. The van der Waals surface area contributed by atoms with Crippen LogP contribution in [0.5, 0.6) is 0 Å². The normalized spacial score (nSPS) is 11.5. The van der Waals surface area contributed by atoms with Crippen LogP contribution in [0.3, 0.4) is 0 Å². The van der Waals surface area contributed by atoms with Gasteiger partial charge in [-0.3, -0.25) is 4.79 Å². The van der Waals surface area contributed by atoms with Crippen molar-refractivity contribution in [2.75, 3.05) is 11.5 Å². The van der Waals surface area contributed by atoms with Gasteiger partial charge in [-0.05, 0) is 13.3 Å². The van der Waals surface area contributed by atoms with Gasteiger partial charge >= 0.3 is 0 Å². The summed E-state index contributed by atoms with van der Waals surface area (Å²) in [6.45, 7) is 3.31. The molecule has 0 saturated heterocycles. The molecule has 0 aliphatic rings. The molecule has 3 nitrogen and oxygen atoms in total. The fourth-order valence-corrected chi connectivity index (χ4v) is 2.36. The molecule has 0 rings (SSSR count). The van der Waals surface area contributed by atoms with Gasteiger partial charge in [-0.15, -0.1) is 0 Å². The number of rotatable bonds is 6. The zero-order valence-corrected chi connectivity index (χ0v) is 8.49. The minimum Gasteiger partial charge on any atom is -0.299 e. The van der Waals surface area contributed by atoms with E-state index in [0.717, 1.165) is 12.8 Å². The van der Waals surface area contributed by atoms with Gasteiger partial charge in [0, 0.05) is 0 Å². The maximum atomic E-state index is 11.1. The third-order valence-corrected chi connectivity index (χ3v) is 3.24. The number of carbonyl (C=O) groups is 1. The summed E-state index contributed by atoms with van der Waals surface area (Å²) in [5.41, 5.74) is 0. The van der Waals surface area contributed by atoms with Gasteiger partial charge in [0.25, 0.3) is 0 Å². The van der Waals surface area contributed by atoms with Crippen molar-refractivity contribution in [2.24, 2.45) is 0 Å². The summed E-state index contributed by atoms with van der Waals surface area (Å²) < 4.78 is 22.2. The maximum Gasteiger partial charge on any atom is 0.157 e. The van der Waals surface area contributed by atoms with E-state index in [1.54, 1.807) is 0 Å². The Morgan fingerprint density at radius 1 is 1.25 bits per heavy atom. The van der Waals surface area contributed by atoms with Gasteiger partial charge in [0.05, 0.1) is 5.75 Å². The summed E-state index contributed by atoms with van der Waals surface area (Å²) in [4.78, 5) is 10.5. The summed E-state index contributed by atoms with van der Waals surface area (Å²) >= 11 is 0. The third kappa shape index (κ3) is 6.34. The highest BCUT2D eigenvalue weighted by Crippen LogP contribution is 2.00. The summed E-state index contributed by atoms with van der Waals surface area (Å²) in [5.74, 6) is -0.413. The number of hydrogen-bond donors (Lipinski definition) is 0. The SMILES string of the molecule is CCCCCS(=O)(=O)CC(C)=O. The van der Waals surface area contributed by atoms with Crippen molar-refractivity contribution in [3.63, 3.8) is 0 Å². The van der Waals surface area contributed by atoms with E-state index in [-0.39, 0.29) is 17.3 Å².